The lowest BCUT2D eigenvalue weighted by atomic mass is 9.98. The van der Waals surface area contributed by atoms with Crippen LogP contribution in [0.2, 0.25) is 0 Å². The van der Waals surface area contributed by atoms with Gasteiger partial charge in [-0.05, 0) is 43.2 Å². The predicted molar refractivity (Wildman–Crippen MR) is 144 cm³/mol. The Morgan fingerprint density at radius 1 is 0.756 bits per heavy atom. The maximum atomic E-state index is 12.1. The molecule has 5 atom stereocenters. The number of hydrogen-bond acceptors (Lipinski definition) is 11. The molecule has 0 amide bonds. The first-order valence-electron chi connectivity index (χ1n) is 13.2. The van der Waals surface area contributed by atoms with E-state index in [1.807, 2.05) is 50.2 Å². The fourth-order valence-electron chi connectivity index (χ4n) is 4.35. The molecule has 0 saturated carbocycles. The van der Waals surface area contributed by atoms with E-state index in [0.717, 1.165) is 30.7 Å². The van der Waals surface area contributed by atoms with Gasteiger partial charge >= 0.3 is 23.9 Å². The first-order chi connectivity index (χ1) is 19.4. The minimum absolute atomic E-state index is 0.0524. The Labute approximate surface area is 238 Å². The number of esters is 4. The summed E-state index contributed by atoms with van der Waals surface area (Å²) in [5.74, 6) is -1.57. The second-order valence-corrected chi connectivity index (χ2v) is 9.78. The SMILES string of the molecule is CC(=O)OC[C@H]1O[C@H](Oc2ccccc2Cc2ccc(OC(C)C)cc2)[C@H](OC(C)=O)[C@@H](OC(C)=O)[C@@H]1OC(C)=O. The number of rotatable bonds is 11. The summed E-state index contributed by atoms with van der Waals surface area (Å²) in [6.45, 7) is 8.27. The number of carbonyl (C=O) groups is 4. The standard InChI is InChI=1S/C30H36O11/c1-17(2)36-24-13-11-22(12-14-24)15-23-9-7-8-10-25(23)40-30-29(39-21(6)34)28(38-20(5)33)27(37-19(4)32)26(41-30)16-35-18(3)31/h7-14,17,26-30H,15-16H2,1-6H3/t26-,27-,28+,29-,30+/m1/s1. The van der Waals surface area contributed by atoms with Crippen molar-refractivity contribution >= 4 is 23.9 Å². The summed E-state index contributed by atoms with van der Waals surface area (Å²) >= 11 is 0. The Kier molecular flexibility index (Phi) is 11.1. The van der Waals surface area contributed by atoms with E-state index in [2.05, 4.69) is 0 Å². The molecule has 0 aromatic heterocycles. The highest BCUT2D eigenvalue weighted by Crippen LogP contribution is 2.32. The van der Waals surface area contributed by atoms with Gasteiger partial charge in [-0.2, -0.15) is 0 Å². The van der Waals surface area contributed by atoms with Crippen LogP contribution in [0.1, 0.15) is 52.7 Å². The molecule has 11 heteroatoms. The molecule has 1 heterocycles. The van der Waals surface area contributed by atoms with Crippen molar-refractivity contribution in [2.24, 2.45) is 0 Å². The van der Waals surface area contributed by atoms with Crippen LogP contribution in [0.25, 0.3) is 0 Å². The van der Waals surface area contributed by atoms with Gasteiger partial charge in [-0.3, -0.25) is 19.2 Å². The Morgan fingerprint density at radius 3 is 1.93 bits per heavy atom. The summed E-state index contributed by atoms with van der Waals surface area (Å²) in [5.41, 5.74) is 1.77. The molecule has 0 radical (unpaired) electrons. The second-order valence-electron chi connectivity index (χ2n) is 9.78. The lowest BCUT2D eigenvalue weighted by Gasteiger charge is -2.44. The quantitative estimate of drug-likeness (QED) is 0.289. The summed E-state index contributed by atoms with van der Waals surface area (Å²) in [4.78, 5) is 47.7. The molecule has 1 fully saturated rings. The zero-order valence-corrected chi connectivity index (χ0v) is 24.0. The minimum Gasteiger partial charge on any atom is -0.491 e. The van der Waals surface area contributed by atoms with Crippen LogP contribution in [0, 0.1) is 0 Å². The summed E-state index contributed by atoms with van der Waals surface area (Å²) in [7, 11) is 0. The largest absolute Gasteiger partial charge is 0.491 e. The van der Waals surface area contributed by atoms with E-state index in [1.54, 1.807) is 12.1 Å². The van der Waals surface area contributed by atoms with Crippen molar-refractivity contribution in [1.82, 2.24) is 0 Å². The number of ether oxygens (including phenoxy) is 7. The molecule has 0 aliphatic carbocycles. The van der Waals surface area contributed by atoms with Crippen molar-refractivity contribution in [3.63, 3.8) is 0 Å². The average molecular weight is 573 g/mol. The van der Waals surface area contributed by atoms with Crippen LogP contribution >= 0.6 is 0 Å². The average Bonchev–Trinajstić information content (AvgIpc) is 2.87. The molecular formula is C30H36O11. The smallest absolute Gasteiger partial charge is 0.303 e. The van der Waals surface area contributed by atoms with Crippen LogP contribution in [0.3, 0.4) is 0 Å². The van der Waals surface area contributed by atoms with E-state index < -0.39 is 54.6 Å². The van der Waals surface area contributed by atoms with Gasteiger partial charge < -0.3 is 33.2 Å². The van der Waals surface area contributed by atoms with E-state index in [0.29, 0.717) is 12.2 Å². The van der Waals surface area contributed by atoms with E-state index >= 15 is 0 Å². The van der Waals surface area contributed by atoms with Crippen molar-refractivity contribution in [1.29, 1.82) is 0 Å². The highest BCUT2D eigenvalue weighted by molar-refractivity contribution is 5.68. The van der Waals surface area contributed by atoms with Crippen LogP contribution in [0.15, 0.2) is 48.5 Å². The summed E-state index contributed by atoms with van der Waals surface area (Å²) < 4.78 is 39.6. The van der Waals surface area contributed by atoms with Gasteiger partial charge in [0.1, 0.15) is 24.2 Å². The Hall–Kier alpha value is -4.12. The van der Waals surface area contributed by atoms with Crippen molar-refractivity contribution in [3.05, 3.63) is 59.7 Å². The van der Waals surface area contributed by atoms with Crippen molar-refractivity contribution < 1.29 is 52.3 Å². The summed E-state index contributed by atoms with van der Waals surface area (Å²) in [6.07, 6.45) is -5.79. The van der Waals surface area contributed by atoms with Gasteiger partial charge in [-0.15, -0.1) is 0 Å². The Balaban J connectivity index is 1.94. The zero-order chi connectivity index (χ0) is 30.1. The molecule has 0 N–H and O–H groups in total. The van der Waals surface area contributed by atoms with Crippen molar-refractivity contribution in [2.75, 3.05) is 6.61 Å². The molecule has 0 spiro atoms. The Bertz CT molecular complexity index is 1210. The molecule has 3 rings (SSSR count). The first-order valence-corrected chi connectivity index (χ1v) is 13.2. The molecule has 2 aromatic carbocycles. The highest BCUT2D eigenvalue weighted by atomic mass is 16.7. The Morgan fingerprint density at radius 2 is 1.34 bits per heavy atom. The monoisotopic (exact) mass is 572 g/mol. The molecule has 1 saturated heterocycles. The first kappa shape index (κ1) is 31.4. The van der Waals surface area contributed by atoms with Crippen LogP contribution in [0.5, 0.6) is 11.5 Å². The molecular weight excluding hydrogens is 536 g/mol. The predicted octanol–water partition coefficient (Wildman–Crippen LogP) is 3.53. The fraction of sp³-hybridized carbons (Fsp3) is 0.467. The molecule has 1 aliphatic heterocycles. The van der Waals surface area contributed by atoms with Gasteiger partial charge in [-0.25, -0.2) is 0 Å². The third kappa shape index (κ3) is 9.49. The summed E-state index contributed by atoms with van der Waals surface area (Å²) in [6, 6.07) is 14.9. The fourth-order valence-corrected chi connectivity index (χ4v) is 4.35. The number of benzene rings is 2. The van der Waals surface area contributed by atoms with E-state index in [-0.39, 0.29) is 12.7 Å². The van der Waals surface area contributed by atoms with Crippen LogP contribution in [-0.2, 0) is 49.3 Å². The van der Waals surface area contributed by atoms with Crippen molar-refractivity contribution in [2.45, 2.75) is 84.8 Å². The van der Waals surface area contributed by atoms with E-state index in [1.165, 1.54) is 13.8 Å². The van der Waals surface area contributed by atoms with Crippen molar-refractivity contribution in [3.8, 4) is 11.5 Å². The van der Waals surface area contributed by atoms with E-state index in [4.69, 9.17) is 33.2 Å². The molecule has 222 valence electrons. The maximum Gasteiger partial charge on any atom is 0.303 e. The van der Waals surface area contributed by atoms with Gasteiger partial charge in [0.15, 0.2) is 12.2 Å². The van der Waals surface area contributed by atoms with Crippen LogP contribution in [0.4, 0.5) is 0 Å². The topological polar surface area (TPSA) is 133 Å². The molecule has 0 bridgehead atoms. The van der Waals surface area contributed by atoms with Gasteiger partial charge in [0.25, 0.3) is 0 Å². The lowest BCUT2D eigenvalue weighted by Crippen LogP contribution is -2.63. The second kappa shape index (κ2) is 14.5. The molecule has 41 heavy (non-hydrogen) atoms. The van der Waals surface area contributed by atoms with Gasteiger partial charge in [0.05, 0.1) is 6.10 Å². The molecule has 11 nitrogen and oxygen atoms in total. The third-order valence-electron chi connectivity index (χ3n) is 5.85. The zero-order valence-electron chi connectivity index (χ0n) is 24.0. The lowest BCUT2D eigenvalue weighted by molar-refractivity contribution is -0.288. The maximum absolute atomic E-state index is 12.1. The number of carbonyl (C=O) groups excluding carboxylic acids is 4. The minimum atomic E-state index is -1.32. The van der Waals surface area contributed by atoms with Gasteiger partial charge in [0.2, 0.25) is 12.4 Å². The highest BCUT2D eigenvalue weighted by Gasteiger charge is 2.53. The number of hydrogen-bond donors (Lipinski definition) is 0. The molecule has 2 aromatic rings. The van der Waals surface area contributed by atoms with Crippen LogP contribution in [-0.4, -0.2) is 67.3 Å². The van der Waals surface area contributed by atoms with Gasteiger partial charge in [-0.1, -0.05) is 30.3 Å². The van der Waals surface area contributed by atoms with E-state index in [9.17, 15) is 19.2 Å². The molecule has 1 aliphatic rings. The van der Waals surface area contributed by atoms with Gasteiger partial charge in [0, 0.05) is 34.1 Å². The molecule has 0 unspecified atom stereocenters. The van der Waals surface area contributed by atoms with Crippen LogP contribution < -0.4 is 9.47 Å². The third-order valence-corrected chi connectivity index (χ3v) is 5.85. The number of para-hydroxylation sites is 1. The summed E-state index contributed by atoms with van der Waals surface area (Å²) in [5, 5.41) is 0. The normalized spacial score (nSPS) is 21.9.